The number of hydrogen-bond acceptors (Lipinski definition) is 3. The van der Waals surface area contributed by atoms with Crippen LogP contribution in [0.1, 0.15) is 27.5 Å². The number of benzene rings is 2. The monoisotopic (exact) mass is 271 g/mol. The maximum absolute atomic E-state index is 12.1. The molecule has 0 bridgehead atoms. The largest absolute Gasteiger partial charge is 0.508 e. The molecular formula is C16H17NO3. The molecule has 0 saturated heterocycles. The van der Waals surface area contributed by atoms with Crippen LogP contribution in [0.25, 0.3) is 0 Å². The van der Waals surface area contributed by atoms with Gasteiger partial charge < -0.3 is 15.5 Å². The molecule has 4 heteroatoms. The Hall–Kier alpha value is -2.33. The third-order valence-electron chi connectivity index (χ3n) is 3.15. The molecule has 20 heavy (non-hydrogen) atoms. The zero-order valence-electron chi connectivity index (χ0n) is 11.2. The van der Waals surface area contributed by atoms with Crippen LogP contribution in [0.5, 0.6) is 5.75 Å². The molecule has 3 N–H and O–H groups in total. The zero-order chi connectivity index (χ0) is 14.5. The lowest BCUT2D eigenvalue weighted by atomic mass is 10.1. The number of phenolic OH excluding ortho intramolecular Hbond substituents is 1. The van der Waals surface area contributed by atoms with Crippen molar-refractivity contribution in [1.29, 1.82) is 0 Å². The van der Waals surface area contributed by atoms with Crippen LogP contribution in [0, 0.1) is 6.92 Å². The lowest BCUT2D eigenvalue weighted by Gasteiger charge is -2.17. The Morgan fingerprint density at radius 3 is 2.50 bits per heavy atom. The van der Waals surface area contributed by atoms with Gasteiger partial charge >= 0.3 is 0 Å². The minimum atomic E-state index is -0.446. The molecule has 0 spiro atoms. The number of phenols is 1. The summed E-state index contributed by atoms with van der Waals surface area (Å²) in [7, 11) is 0. The van der Waals surface area contributed by atoms with Crippen LogP contribution < -0.4 is 5.32 Å². The molecule has 2 aromatic rings. The summed E-state index contributed by atoms with van der Waals surface area (Å²) >= 11 is 0. The van der Waals surface area contributed by atoms with Crippen LogP contribution in [0.4, 0.5) is 0 Å². The second kappa shape index (κ2) is 6.21. The van der Waals surface area contributed by atoms with E-state index in [0.29, 0.717) is 11.1 Å². The molecule has 104 valence electrons. The van der Waals surface area contributed by atoms with Crippen molar-refractivity contribution in [2.45, 2.75) is 13.0 Å². The average molecular weight is 271 g/mol. The first kappa shape index (κ1) is 14.1. The van der Waals surface area contributed by atoms with Gasteiger partial charge in [0.25, 0.3) is 5.91 Å². The molecule has 0 aliphatic heterocycles. The fourth-order valence-corrected chi connectivity index (χ4v) is 1.96. The minimum absolute atomic E-state index is 0.156. The molecule has 1 atom stereocenters. The molecule has 0 aliphatic rings. The Kier molecular flexibility index (Phi) is 4.38. The molecule has 0 aliphatic carbocycles. The van der Waals surface area contributed by atoms with Crippen molar-refractivity contribution in [3.8, 4) is 5.75 Å². The second-order valence-electron chi connectivity index (χ2n) is 4.62. The minimum Gasteiger partial charge on any atom is -0.508 e. The maximum atomic E-state index is 12.1. The number of aromatic hydroxyl groups is 1. The number of carbonyl (C=O) groups is 1. The number of hydrogen-bond donors (Lipinski definition) is 3. The van der Waals surface area contributed by atoms with Gasteiger partial charge in [0, 0.05) is 5.56 Å². The summed E-state index contributed by atoms with van der Waals surface area (Å²) in [6, 6.07) is 13.5. The predicted molar refractivity (Wildman–Crippen MR) is 76.6 cm³/mol. The van der Waals surface area contributed by atoms with Crippen LogP contribution in [0.3, 0.4) is 0 Å². The van der Waals surface area contributed by atoms with Crippen LogP contribution in [-0.2, 0) is 0 Å². The summed E-state index contributed by atoms with van der Waals surface area (Å²) in [6.45, 7) is 1.56. The fourth-order valence-electron chi connectivity index (χ4n) is 1.96. The molecule has 0 heterocycles. The fraction of sp³-hybridized carbons (Fsp3) is 0.188. The first-order valence-corrected chi connectivity index (χ1v) is 6.38. The van der Waals surface area contributed by atoms with E-state index in [9.17, 15) is 15.0 Å². The van der Waals surface area contributed by atoms with Crippen LogP contribution in [0.15, 0.2) is 48.5 Å². The first-order chi connectivity index (χ1) is 9.61. The van der Waals surface area contributed by atoms with Gasteiger partial charge in [0.15, 0.2) is 0 Å². The highest BCUT2D eigenvalue weighted by atomic mass is 16.3. The maximum Gasteiger partial charge on any atom is 0.251 e. The van der Waals surface area contributed by atoms with Gasteiger partial charge in [0.2, 0.25) is 0 Å². The van der Waals surface area contributed by atoms with Crippen molar-refractivity contribution in [2.75, 3.05) is 6.61 Å². The molecule has 1 amide bonds. The van der Waals surface area contributed by atoms with E-state index in [1.807, 2.05) is 30.3 Å². The topological polar surface area (TPSA) is 69.6 Å². The van der Waals surface area contributed by atoms with E-state index in [1.165, 1.54) is 6.07 Å². The van der Waals surface area contributed by atoms with Crippen molar-refractivity contribution in [1.82, 2.24) is 5.32 Å². The number of amides is 1. The predicted octanol–water partition coefficient (Wildman–Crippen LogP) is 2.16. The molecule has 2 rings (SSSR count). The molecule has 0 saturated carbocycles. The molecule has 0 fully saturated rings. The van der Waals surface area contributed by atoms with Gasteiger partial charge in [-0.2, -0.15) is 0 Å². The summed E-state index contributed by atoms with van der Waals surface area (Å²) < 4.78 is 0. The van der Waals surface area contributed by atoms with Crippen molar-refractivity contribution >= 4 is 5.91 Å². The van der Waals surface area contributed by atoms with Gasteiger partial charge in [-0.25, -0.2) is 0 Å². The van der Waals surface area contributed by atoms with Crippen molar-refractivity contribution < 1.29 is 15.0 Å². The standard InChI is InChI=1S/C16H17NO3/c1-11-9-13(7-8-15(11)19)16(20)17-14(10-18)12-5-3-2-4-6-12/h2-9,14,18-19H,10H2,1H3,(H,17,20). The van der Waals surface area contributed by atoms with Gasteiger partial charge in [-0.15, -0.1) is 0 Å². The lowest BCUT2D eigenvalue weighted by Crippen LogP contribution is -2.30. The molecule has 2 aromatic carbocycles. The second-order valence-corrected chi connectivity index (χ2v) is 4.62. The number of aryl methyl sites for hydroxylation is 1. The van der Waals surface area contributed by atoms with Crippen LogP contribution >= 0.6 is 0 Å². The Morgan fingerprint density at radius 1 is 1.20 bits per heavy atom. The van der Waals surface area contributed by atoms with E-state index < -0.39 is 6.04 Å². The zero-order valence-corrected chi connectivity index (χ0v) is 11.2. The molecular weight excluding hydrogens is 254 g/mol. The third kappa shape index (κ3) is 3.16. The SMILES string of the molecule is Cc1cc(C(=O)NC(CO)c2ccccc2)ccc1O. The van der Waals surface area contributed by atoms with E-state index >= 15 is 0 Å². The van der Waals surface area contributed by atoms with E-state index in [-0.39, 0.29) is 18.3 Å². The lowest BCUT2D eigenvalue weighted by molar-refractivity contribution is 0.0916. The quantitative estimate of drug-likeness (QED) is 0.798. The van der Waals surface area contributed by atoms with E-state index in [4.69, 9.17) is 0 Å². The van der Waals surface area contributed by atoms with Gasteiger partial charge in [-0.3, -0.25) is 4.79 Å². The Balaban J connectivity index is 2.15. The highest BCUT2D eigenvalue weighted by molar-refractivity contribution is 5.94. The summed E-state index contributed by atoms with van der Waals surface area (Å²) in [4.78, 5) is 12.1. The summed E-state index contributed by atoms with van der Waals surface area (Å²) in [5.74, 6) is -0.126. The molecule has 1 unspecified atom stereocenters. The number of nitrogens with one attached hydrogen (secondary N) is 1. The van der Waals surface area contributed by atoms with Crippen molar-refractivity contribution in [3.05, 3.63) is 65.2 Å². The van der Waals surface area contributed by atoms with Crippen LogP contribution in [-0.4, -0.2) is 22.7 Å². The van der Waals surface area contributed by atoms with Gasteiger partial charge in [0.1, 0.15) is 5.75 Å². The van der Waals surface area contributed by atoms with E-state index in [2.05, 4.69) is 5.32 Å². The van der Waals surface area contributed by atoms with Gasteiger partial charge in [0.05, 0.1) is 12.6 Å². The summed E-state index contributed by atoms with van der Waals surface area (Å²) in [5, 5.41) is 21.7. The summed E-state index contributed by atoms with van der Waals surface area (Å²) in [5.41, 5.74) is 1.94. The first-order valence-electron chi connectivity index (χ1n) is 6.38. The number of aliphatic hydroxyl groups is 1. The van der Waals surface area contributed by atoms with Gasteiger partial charge in [-0.1, -0.05) is 30.3 Å². The Bertz CT molecular complexity index is 596. The normalized spacial score (nSPS) is 11.9. The van der Waals surface area contributed by atoms with Crippen LogP contribution in [0.2, 0.25) is 0 Å². The van der Waals surface area contributed by atoms with E-state index in [1.54, 1.807) is 19.1 Å². The Labute approximate surface area is 117 Å². The van der Waals surface area contributed by atoms with E-state index in [0.717, 1.165) is 5.56 Å². The molecule has 4 nitrogen and oxygen atoms in total. The Morgan fingerprint density at radius 2 is 1.90 bits per heavy atom. The van der Waals surface area contributed by atoms with Crippen molar-refractivity contribution in [3.63, 3.8) is 0 Å². The number of rotatable bonds is 4. The number of carbonyl (C=O) groups excluding carboxylic acids is 1. The molecule has 0 aromatic heterocycles. The number of aliphatic hydroxyl groups excluding tert-OH is 1. The smallest absolute Gasteiger partial charge is 0.251 e. The van der Waals surface area contributed by atoms with Crippen molar-refractivity contribution in [2.24, 2.45) is 0 Å². The highest BCUT2D eigenvalue weighted by Crippen LogP contribution is 2.18. The molecule has 0 radical (unpaired) electrons. The summed E-state index contributed by atoms with van der Waals surface area (Å²) in [6.07, 6.45) is 0. The third-order valence-corrected chi connectivity index (χ3v) is 3.15. The highest BCUT2D eigenvalue weighted by Gasteiger charge is 2.15. The average Bonchev–Trinajstić information content (AvgIpc) is 2.48. The van der Waals surface area contributed by atoms with Gasteiger partial charge in [-0.05, 0) is 36.2 Å².